The SMILES string of the molecule is COc1ccc(/N=N/c2ccc(NC(=O)C(C)C)cc2)cc1. The Bertz CT molecular complexity index is 647. The monoisotopic (exact) mass is 297 g/mol. The predicted molar refractivity (Wildman–Crippen MR) is 87.1 cm³/mol. The lowest BCUT2D eigenvalue weighted by molar-refractivity contribution is -0.118. The van der Waals surface area contributed by atoms with Gasteiger partial charge < -0.3 is 10.1 Å². The lowest BCUT2D eigenvalue weighted by Gasteiger charge is -2.07. The van der Waals surface area contributed by atoms with Crippen molar-refractivity contribution in [2.45, 2.75) is 13.8 Å². The Morgan fingerprint density at radius 3 is 1.91 bits per heavy atom. The van der Waals surface area contributed by atoms with Gasteiger partial charge in [-0.25, -0.2) is 0 Å². The topological polar surface area (TPSA) is 63.1 Å². The van der Waals surface area contributed by atoms with E-state index in [1.807, 2.05) is 62.4 Å². The highest BCUT2D eigenvalue weighted by atomic mass is 16.5. The van der Waals surface area contributed by atoms with Crippen molar-refractivity contribution in [1.29, 1.82) is 0 Å². The number of nitrogens with zero attached hydrogens (tertiary/aromatic N) is 2. The van der Waals surface area contributed by atoms with Gasteiger partial charge in [-0.3, -0.25) is 4.79 Å². The number of rotatable bonds is 5. The summed E-state index contributed by atoms with van der Waals surface area (Å²) in [5.74, 6) is 0.728. The minimum absolute atomic E-state index is 0.00684. The van der Waals surface area contributed by atoms with Crippen molar-refractivity contribution in [3.8, 4) is 5.75 Å². The van der Waals surface area contributed by atoms with Crippen LogP contribution in [0.3, 0.4) is 0 Å². The molecule has 0 atom stereocenters. The van der Waals surface area contributed by atoms with Crippen LogP contribution in [0.15, 0.2) is 58.8 Å². The highest BCUT2D eigenvalue weighted by Crippen LogP contribution is 2.22. The fourth-order valence-corrected chi connectivity index (χ4v) is 1.66. The summed E-state index contributed by atoms with van der Waals surface area (Å²) in [7, 11) is 1.62. The summed E-state index contributed by atoms with van der Waals surface area (Å²) in [4.78, 5) is 11.6. The lowest BCUT2D eigenvalue weighted by atomic mass is 10.2. The first-order chi connectivity index (χ1) is 10.6. The largest absolute Gasteiger partial charge is 0.497 e. The lowest BCUT2D eigenvalue weighted by Crippen LogP contribution is -2.17. The molecule has 22 heavy (non-hydrogen) atoms. The first-order valence-corrected chi connectivity index (χ1v) is 7.05. The number of azo groups is 1. The maximum atomic E-state index is 11.6. The maximum Gasteiger partial charge on any atom is 0.226 e. The minimum atomic E-state index is -0.0468. The third-order valence-electron chi connectivity index (χ3n) is 3.01. The smallest absolute Gasteiger partial charge is 0.226 e. The summed E-state index contributed by atoms with van der Waals surface area (Å²) in [6.07, 6.45) is 0. The van der Waals surface area contributed by atoms with Crippen molar-refractivity contribution in [2.75, 3.05) is 12.4 Å². The van der Waals surface area contributed by atoms with Gasteiger partial charge in [0.25, 0.3) is 0 Å². The van der Waals surface area contributed by atoms with Gasteiger partial charge in [0.2, 0.25) is 5.91 Å². The zero-order chi connectivity index (χ0) is 15.9. The first kappa shape index (κ1) is 15.7. The molecule has 0 fully saturated rings. The van der Waals surface area contributed by atoms with Crippen LogP contribution in [0.5, 0.6) is 5.75 Å². The number of carbonyl (C=O) groups is 1. The Labute approximate surface area is 130 Å². The van der Waals surface area contributed by atoms with Crippen molar-refractivity contribution < 1.29 is 9.53 Å². The molecule has 2 aromatic rings. The molecule has 1 N–H and O–H groups in total. The van der Waals surface area contributed by atoms with Gasteiger partial charge in [-0.05, 0) is 48.5 Å². The zero-order valence-electron chi connectivity index (χ0n) is 12.9. The molecule has 0 spiro atoms. The number of hydrogen-bond acceptors (Lipinski definition) is 4. The summed E-state index contributed by atoms with van der Waals surface area (Å²) < 4.78 is 5.09. The van der Waals surface area contributed by atoms with E-state index in [4.69, 9.17) is 4.74 Å². The van der Waals surface area contributed by atoms with Gasteiger partial charge in [0.15, 0.2) is 0 Å². The number of anilines is 1. The summed E-state index contributed by atoms with van der Waals surface area (Å²) >= 11 is 0. The van der Waals surface area contributed by atoms with E-state index in [0.29, 0.717) is 0 Å². The van der Waals surface area contributed by atoms with Crippen molar-refractivity contribution in [2.24, 2.45) is 16.1 Å². The number of ether oxygens (including phenoxy) is 1. The van der Waals surface area contributed by atoms with Crippen LogP contribution in [0.4, 0.5) is 17.1 Å². The average molecular weight is 297 g/mol. The number of nitrogens with one attached hydrogen (secondary N) is 1. The Morgan fingerprint density at radius 2 is 1.45 bits per heavy atom. The standard InChI is InChI=1S/C17H19N3O2/c1-12(2)17(21)18-13-4-6-14(7-5-13)19-20-15-8-10-16(22-3)11-9-15/h4-12H,1-3H3,(H,18,21)/b20-19+. The summed E-state index contributed by atoms with van der Waals surface area (Å²) in [6.45, 7) is 3.71. The van der Waals surface area contributed by atoms with Crippen LogP contribution < -0.4 is 10.1 Å². The quantitative estimate of drug-likeness (QED) is 0.813. The fourth-order valence-electron chi connectivity index (χ4n) is 1.66. The van der Waals surface area contributed by atoms with E-state index >= 15 is 0 Å². The van der Waals surface area contributed by atoms with Crippen LogP contribution in [0.2, 0.25) is 0 Å². The van der Waals surface area contributed by atoms with Gasteiger partial charge in [0.05, 0.1) is 18.5 Å². The van der Waals surface area contributed by atoms with Crippen LogP contribution in [-0.2, 0) is 4.79 Å². The first-order valence-electron chi connectivity index (χ1n) is 7.05. The molecule has 0 unspecified atom stereocenters. The van der Waals surface area contributed by atoms with Gasteiger partial charge in [-0.1, -0.05) is 13.8 Å². The number of carbonyl (C=O) groups excluding carboxylic acids is 1. The van der Waals surface area contributed by atoms with Gasteiger partial charge in [-0.2, -0.15) is 10.2 Å². The molecule has 5 nitrogen and oxygen atoms in total. The van der Waals surface area contributed by atoms with Crippen LogP contribution in [0, 0.1) is 5.92 Å². The van der Waals surface area contributed by atoms with Crippen molar-refractivity contribution in [3.63, 3.8) is 0 Å². The second-order valence-electron chi connectivity index (χ2n) is 5.09. The molecular formula is C17H19N3O2. The molecular weight excluding hydrogens is 278 g/mol. The molecule has 0 aliphatic rings. The highest BCUT2D eigenvalue weighted by Gasteiger charge is 2.06. The Kier molecular flexibility index (Phi) is 5.25. The van der Waals surface area contributed by atoms with Crippen molar-refractivity contribution >= 4 is 23.0 Å². The molecule has 5 heteroatoms. The number of hydrogen-bond donors (Lipinski definition) is 1. The van der Waals surface area contributed by atoms with Gasteiger partial charge in [-0.15, -0.1) is 0 Å². The van der Waals surface area contributed by atoms with Crippen molar-refractivity contribution in [3.05, 3.63) is 48.5 Å². The van der Waals surface area contributed by atoms with E-state index < -0.39 is 0 Å². The number of amides is 1. The molecule has 0 saturated heterocycles. The Morgan fingerprint density at radius 1 is 0.955 bits per heavy atom. The van der Waals surface area contributed by atoms with Crippen molar-refractivity contribution in [1.82, 2.24) is 0 Å². The van der Waals surface area contributed by atoms with E-state index in [9.17, 15) is 4.79 Å². The highest BCUT2D eigenvalue weighted by molar-refractivity contribution is 5.92. The second kappa shape index (κ2) is 7.36. The Hall–Kier alpha value is -2.69. The van der Waals surface area contributed by atoms with E-state index in [-0.39, 0.29) is 11.8 Å². The van der Waals surface area contributed by atoms with Crippen LogP contribution in [0.1, 0.15) is 13.8 Å². The fraction of sp³-hybridized carbons (Fsp3) is 0.235. The molecule has 2 aromatic carbocycles. The van der Waals surface area contributed by atoms with E-state index in [1.54, 1.807) is 7.11 Å². The van der Waals surface area contributed by atoms with Crippen LogP contribution in [0.25, 0.3) is 0 Å². The summed E-state index contributed by atoms with van der Waals surface area (Å²) in [5, 5.41) is 11.1. The maximum absolute atomic E-state index is 11.6. The number of benzene rings is 2. The number of methoxy groups -OCH3 is 1. The van der Waals surface area contributed by atoms with Crippen LogP contribution >= 0.6 is 0 Å². The third-order valence-corrected chi connectivity index (χ3v) is 3.01. The molecule has 0 radical (unpaired) electrons. The molecule has 2 rings (SSSR count). The molecule has 0 aromatic heterocycles. The molecule has 0 heterocycles. The molecule has 114 valence electrons. The summed E-state index contributed by atoms with van der Waals surface area (Å²) in [6, 6.07) is 14.6. The molecule has 0 aliphatic carbocycles. The molecule has 0 bridgehead atoms. The zero-order valence-corrected chi connectivity index (χ0v) is 12.9. The minimum Gasteiger partial charge on any atom is -0.497 e. The second-order valence-corrected chi connectivity index (χ2v) is 5.09. The average Bonchev–Trinajstić information content (AvgIpc) is 2.54. The van der Waals surface area contributed by atoms with E-state index in [1.165, 1.54) is 0 Å². The van der Waals surface area contributed by atoms with Gasteiger partial charge >= 0.3 is 0 Å². The van der Waals surface area contributed by atoms with E-state index in [2.05, 4.69) is 15.5 Å². The van der Waals surface area contributed by atoms with Gasteiger partial charge in [0, 0.05) is 11.6 Å². The van der Waals surface area contributed by atoms with E-state index in [0.717, 1.165) is 22.8 Å². The third kappa shape index (κ3) is 4.41. The molecule has 1 amide bonds. The Balaban J connectivity index is 2.00. The van der Waals surface area contributed by atoms with Crippen LogP contribution in [-0.4, -0.2) is 13.0 Å². The molecule has 0 aliphatic heterocycles. The summed E-state index contributed by atoms with van der Waals surface area (Å²) in [5.41, 5.74) is 2.22. The molecule has 0 saturated carbocycles. The van der Waals surface area contributed by atoms with Gasteiger partial charge in [0.1, 0.15) is 5.75 Å². The normalized spacial score (nSPS) is 10.9. The predicted octanol–water partition coefficient (Wildman–Crippen LogP) is 4.71.